The molecule has 0 unspecified atom stereocenters. The third kappa shape index (κ3) is 3.01. The van der Waals surface area contributed by atoms with Crippen LogP contribution in [0.4, 0.5) is 0 Å². The Morgan fingerprint density at radius 2 is 2.23 bits per heavy atom. The molecule has 72 valence electrons. The number of hydrogen-bond donors (Lipinski definition) is 1. The lowest BCUT2D eigenvalue weighted by molar-refractivity contribution is 0.195. The van der Waals surface area contributed by atoms with Gasteiger partial charge < -0.3 is 9.84 Å². The molecule has 1 rings (SSSR count). The van der Waals surface area contributed by atoms with Crippen molar-refractivity contribution in [2.75, 3.05) is 7.11 Å². The predicted octanol–water partition coefficient (Wildman–Crippen LogP) is 2.38. The molecule has 1 atom stereocenters. The van der Waals surface area contributed by atoms with E-state index in [-0.39, 0.29) is 6.10 Å². The molecule has 0 aliphatic carbocycles. The zero-order valence-electron chi connectivity index (χ0n) is 7.75. The molecular weight excluding hydrogens is 232 g/mol. The summed E-state index contributed by atoms with van der Waals surface area (Å²) in [6, 6.07) is 5.75. The molecule has 0 fully saturated rings. The molecule has 0 aliphatic rings. The summed E-state index contributed by atoms with van der Waals surface area (Å²) in [6.07, 6.45) is 0.342. The van der Waals surface area contributed by atoms with Crippen molar-refractivity contribution in [3.8, 4) is 5.75 Å². The van der Waals surface area contributed by atoms with Gasteiger partial charge in [0.15, 0.2) is 0 Å². The Morgan fingerprint density at radius 1 is 1.54 bits per heavy atom. The molecule has 13 heavy (non-hydrogen) atoms. The van der Waals surface area contributed by atoms with E-state index < -0.39 is 0 Å². The molecular formula is C10H13BrO2. The van der Waals surface area contributed by atoms with E-state index >= 15 is 0 Å². The van der Waals surface area contributed by atoms with E-state index in [1.165, 1.54) is 0 Å². The van der Waals surface area contributed by atoms with Crippen LogP contribution in [0.2, 0.25) is 0 Å². The number of aliphatic hydroxyl groups is 1. The summed E-state index contributed by atoms with van der Waals surface area (Å²) in [6.45, 7) is 1.77. The smallest absolute Gasteiger partial charge is 0.120 e. The highest BCUT2D eigenvalue weighted by molar-refractivity contribution is 9.10. The van der Waals surface area contributed by atoms with Crippen LogP contribution >= 0.6 is 15.9 Å². The first kappa shape index (κ1) is 10.5. The first-order chi connectivity index (χ1) is 6.13. The van der Waals surface area contributed by atoms with E-state index in [2.05, 4.69) is 15.9 Å². The zero-order chi connectivity index (χ0) is 9.84. The zero-order valence-corrected chi connectivity index (χ0v) is 9.34. The monoisotopic (exact) mass is 244 g/mol. The van der Waals surface area contributed by atoms with Gasteiger partial charge in [-0.2, -0.15) is 0 Å². The molecule has 2 nitrogen and oxygen atoms in total. The SMILES string of the molecule is COc1ccc(C[C@@H](C)O)c(Br)c1. The number of methoxy groups -OCH3 is 1. The fourth-order valence-corrected chi connectivity index (χ4v) is 1.66. The molecule has 0 aromatic heterocycles. The first-order valence-corrected chi connectivity index (χ1v) is 4.93. The van der Waals surface area contributed by atoms with Crippen LogP contribution in [0.25, 0.3) is 0 Å². The van der Waals surface area contributed by atoms with Crippen molar-refractivity contribution in [1.82, 2.24) is 0 Å². The Bertz CT molecular complexity index is 284. The van der Waals surface area contributed by atoms with Crippen LogP contribution < -0.4 is 4.74 Å². The Balaban J connectivity index is 2.85. The number of benzene rings is 1. The highest BCUT2D eigenvalue weighted by atomic mass is 79.9. The summed E-state index contributed by atoms with van der Waals surface area (Å²) >= 11 is 3.43. The topological polar surface area (TPSA) is 29.5 Å². The predicted molar refractivity (Wildman–Crippen MR) is 56.1 cm³/mol. The molecule has 0 saturated carbocycles. The Morgan fingerprint density at radius 3 is 2.69 bits per heavy atom. The van der Waals surface area contributed by atoms with Gasteiger partial charge in [0.1, 0.15) is 5.75 Å². The summed E-state index contributed by atoms with van der Waals surface area (Å²) in [7, 11) is 1.64. The van der Waals surface area contributed by atoms with E-state index in [1.807, 2.05) is 18.2 Å². The lowest BCUT2D eigenvalue weighted by Crippen LogP contribution is -2.04. The maximum atomic E-state index is 9.20. The summed E-state index contributed by atoms with van der Waals surface area (Å²) in [4.78, 5) is 0. The summed E-state index contributed by atoms with van der Waals surface area (Å²) in [5.41, 5.74) is 1.09. The van der Waals surface area contributed by atoms with E-state index in [4.69, 9.17) is 4.74 Å². The van der Waals surface area contributed by atoms with Gasteiger partial charge in [-0.3, -0.25) is 0 Å². The van der Waals surface area contributed by atoms with Gasteiger partial charge in [-0.15, -0.1) is 0 Å². The molecule has 1 aromatic rings. The fraction of sp³-hybridized carbons (Fsp3) is 0.400. The Labute approximate surface area is 86.7 Å². The molecule has 0 spiro atoms. The molecule has 3 heteroatoms. The highest BCUT2D eigenvalue weighted by Gasteiger charge is 2.04. The molecule has 1 aromatic carbocycles. The van der Waals surface area contributed by atoms with E-state index in [9.17, 15) is 5.11 Å². The molecule has 0 bridgehead atoms. The van der Waals surface area contributed by atoms with Crippen molar-refractivity contribution in [1.29, 1.82) is 0 Å². The van der Waals surface area contributed by atoms with Gasteiger partial charge in [0.05, 0.1) is 13.2 Å². The average molecular weight is 245 g/mol. The number of ether oxygens (including phenoxy) is 1. The maximum absolute atomic E-state index is 9.20. The minimum absolute atomic E-state index is 0.315. The second-order valence-corrected chi connectivity index (χ2v) is 3.86. The van der Waals surface area contributed by atoms with E-state index in [1.54, 1.807) is 14.0 Å². The lowest BCUT2D eigenvalue weighted by Gasteiger charge is -2.08. The normalized spacial score (nSPS) is 12.6. The third-order valence-electron chi connectivity index (χ3n) is 1.78. The van der Waals surface area contributed by atoms with E-state index in [0.717, 1.165) is 15.8 Å². The van der Waals surface area contributed by atoms with Gasteiger partial charge >= 0.3 is 0 Å². The van der Waals surface area contributed by atoms with Crippen molar-refractivity contribution in [2.24, 2.45) is 0 Å². The number of aliphatic hydroxyl groups excluding tert-OH is 1. The van der Waals surface area contributed by atoms with Crippen molar-refractivity contribution >= 4 is 15.9 Å². The van der Waals surface area contributed by atoms with Crippen LogP contribution in [0.15, 0.2) is 22.7 Å². The van der Waals surface area contributed by atoms with Gasteiger partial charge in [-0.1, -0.05) is 22.0 Å². The van der Waals surface area contributed by atoms with Crippen LogP contribution in [-0.4, -0.2) is 18.3 Å². The lowest BCUT2D eigenvalue weighted by atomic mass is 10.1. The number of halogens is 1. The third-order valence-corrected chi connectivity index (χ3v) is 2.51. The summed E-state index contributed by atoms with van der Waals surface area (Å²) < 4.78 is 6.04. The van der Waals surface area contributed by atoms with E-state index in [0.29, 0.717) is 6.42 Å². The fourth-order valence-electron chi connectivity index (χ4n) is 1.14. The Hall–Kier alpha value is -0.540. The van der Waals surface area contributed by atoms with Gasteiger partial charge in [0, 0.05) is 4.47 Å². The van der Waals surface area contributed by atoms with Crippen LogP contribution in [-0.2, 0) is 6.42 Å². The van der Waals surface area contributed by atoms with Gasteiger partial charge in [-0.25, -0.2) is 0 Å². The minimum Gasteiger partial charge on any atom is -0.497 e. The van der Waals surface area contributed by atoms with Crippen molar-refractivity contribution < 1.29 is 9.84 Å². The van der Waals surface area contributed by atoms with Crippen LogP contribution in [0, 0.1) is 0 Å². The van der Waals surface area contributed by atoms with Crippen molar-refractivity contribution in [2.45, 2.75) is 19.4 Å². The van der Waals surface area contributed by atoms with Crippen LogP contribution in [0.3, 0.4) is 0 Å². The Kier molecular flexibility index (Phi) is 3.75. The molecule has 0 heterocycles. The van der Waals surface area contributed by atoms with Gasteiger partial charge in [-0.05, 0) is 31.0 Å². The van der Waals surface area contributed by atoms with Crippen LogP contribution in [0.1, 0.15) is 12.5 Å². The second kappa shape index (κ2) is 4.63. The summed E-state index contributed by atoms with van der Waals surface area (Å²) in [5, 5.41) is 9.20. The molecule has 0 aliphatic heterocycles. The molecule has 0 radical (unpaired) electrons. The average Bonchev–Trinajstić information content (AvgIpc) is 2.08. The summed E-state index contributed by atoms with van der Waals surface area (Å²) in [5.74, 6) is 0.821. The van der Waals surface area contributed by atoms with Crippen LogP contribution in [0.5, 0.6) is 5.75 Å². The minimum atomic E-state index is -0.315. The molecule has 0 saturated heterocycles. The molecule has 1 N–H and O–H groups in total. The maximum Gasteiger partial charge on any atom is 0.120 e. The molecule has 0 amide bonds. The largest absolute Gasteiger partial charge is 0.497 e. The van der Waals surface area contributed by atoms with Gasteiger partial charge in [0.25, 0.3) is 0 Å². The second-order valence-electron chi connectivity index (χ2n) is 3.01. The first-order valence-electron chi connectivity index (χ1n) is 4.14. The van der Waals surface area contributed by atoms with Crippen molar-refractivity contribution in [3.05, 3.63) is 28.2 Å². The standard InChI is InChI=1S/C10H13BrO2/c1-7(12)5-8-3-4-9(13-2)6-10(8)11/h3-4,6-7,12H,5H2,1-2H3/t7-/m1/s1. The van der Waals surface area contributed by atoms with Crippen molar-refractivity contribution in [3.63, 3.8) is 0 Å². The highest BCUT2D eigenvalue weighted by Crippen LogP contribution is 2.23. The van der Waals surface area contributed by atoms with Gasteiger partial charge in [0.2, 0.25) is 0 Å². The number of hydrogen-bond acceptors (Lipinski definition) is 2. The number of rotatable bonds is 3. The quantitative estimate of drug-likeness (QED) is 0.885.